The van der Waals surface area contributed by atoms with Crippen molar-refractivity contribution in [2.45, 2.75) is 13.3 Å². The predicted molar refractivity (Wildman–Crippen MR) is 130 cm³/mol. The lowest BCUT2D eigenvalue weighted by atomic mass is 10.0. The Morgan fingerprint density at radius 3 is 2.47 bits per heavy atom. The summed E-state index contributed by atoms with van der Waals surface area (Å²) in [6.07, 6.45) is 1.94. The van der Waals surface area contributed by atoms with Crippen LogP contribution < -0.4 is 15.0 Å². The van der Waals surface area contributed by atoms with E-state index in [1.165, 1.54) is 18.2 Å². The summed E-state index contributed by atoms with van der Waals surface area (Å²) in [6, 6.07) is 17.3. The van der Waals surface area contributed by atoms with Crippen molar-refractivity contribution < 1.29 is 23.5 Å². The van der Waals surface area contributed by atoms with Crippen molar-refractivity contribution in [3.63, 3.8) is 0 Å². The number of urea groups is 1. The maximum Gasteiger partial charge on any atom is 0.335 e. The minimum absolute atomic E-state index is 0.168. The standard InChI is InChI=1S/C26H20BrFN2O4/c1-2-34-21-10-8-20(9-11-21)30-25(32)22(24(31)29-26(30)33)14-17-6-7-18(23(27)15-17)12-16-4-3-5-19(28)13-16/h3-11,13-15H,2,12H2,1H3,(H,29,31,33)/b22-14+. The van der Waals surface area contributed by atoms with Crippen LogP contribution in [0, 0.1) is 5.82 Å². The third-order valence-corrected chi connectivity index (χ3v) is 5.92. The second-order valence-electron chi connectivity index (χ2n) is 7.54. The number of carbonyl (C=O) groups excluding carboxylic acids is 3. The number of ether oxygens (including phenoxy) is 1. The fourth-order valence-electron chi connectivity index (χ4n) is 3.58. The number of hydrogen-bond acceptors (Lipinski definition) is 4. The number of rotatable bonds is 6. The van der Waals surface area contributed by atoms with Gasteiger partial charge in [-0.15, -0.1) is 0 Å². The van der Waals surface area contributed by atoms with E-state index in [2.05, 4.69) is 21.2 Å². The highest BCUT2D eigenvalue weighted by Crippen LogP contribution is 2.26. The monoisotopic (exact) mass is 522 g/mol. The van der Waals surface area contributed by atoms with Crippen LogP contribution in [0.5, 0.6) is 5.75 Å². The molecule has 0 unspecified atom stereocenters. The Labute approximate surface area is 204 Å². The summed E-state index contributed by atoms with van der Waals surface area (Å²) in [7, 11) is 0. The number of imide groups is 2. The topological polar surface area (TPSA) is 75.7 Å². The lowest BCUT2D eigenvalue weighted by Crippen LogP contribution is -2.54. The van der Waals surface area contributed by atoms with E-state index in [4.69, 9.17) is 4.74 Å². The second kappa shape index (κ2) is 10.0. The van der Waals surface area contributed by atoms with Gasteiger partial charge in [0.25, 0.3) is 11.8 Å². The lowest BCUT2D eigenvalue weighted by molar-refractivity contribution is -0.122. The van der Waals surface area contributed by atoms with E-state index >= 15 is 0 Å². The molecule has 1 aliphatic rings. The lowest BCUT2D eigenvalue weighted by Gasteiger charge is -2.26. The van der Waals surface area contributed by atoms with E-state index in [0.717, 1.165) is 20.5 Å². The van der Waals surface area contributed by atoms with Crippen LogP contribution in [0.25, 0.3) is 6.08 Å². The van der Waals surface area contributed by atoms with E-state index < -0.39 is 17.8 Å². The molecule has 1 fully saturated rings. The number of barbiturate groups is 1. The zero-order chi connectivity index (χ0) is 24.2. The van der Waals surface area contributed by atoms with E-state index in [9.17, 15) is 18.8 Å². The highest BCUT2D eigenvalue weighted by atomic mass is 79.9. The van der Waals surface area contributed by atoms with Gasteiger partial charge in [0.2, 0.25) is 0 Å². The molecule has 3 aromatic carbocycles. The SMILES string of the molecule is CCOc1ccc(N2C(=O)NC(=O)/C(=C\c3ccc(Cc4cccc(F)c4)c(Br)c3)C2=O)cc1. The largest absolute Gasteiger partial charge is 0.494 e. The number of nitrogens with zero attached hydrogens (tertiary/aromatic N) is 1. The first-order valence-corrected chi connectivity index (χ1v) is 11.3. The molecular formula is C26H20BrFN2O4. The summed E-state index contributed by atoms with van der Waals surface area (Å²) in [5.74, 6) is -1.19. The smallest absolute Gasteiger partial charge is 0.335 e. The third-order valence-electron chi connectivity index (χ3n) is 5.18. The number of nitrogens with one attached hydrogen (secondary N) is 1. The van der Waals surface area contributed by atoms with Gasteiger partial charge in [-0.2, -0.15) is 0 Å². The van der Waals surface area contributed by atoms with Gasteiger partial charge in [-0.25, -0.2) is 14.1 Å². The summed E-state index contributed by atoms with van der Waals surface area (Å²) >= 11 is 3.51. The average Bonchev–Trinajstić information content (AvgIpc) is 2.80. The Bertz CT molecular complexity index is 1300. The first-order chi connectivity index (χ1) is 16.4. The first-order valence-electron chi connectivity index (χ1n) is 10.5. The summed E-state index contributed by atoms with van der Waals surface area (Å²) in [4.78, 5) is 38.8. The van der Waals surface area contributed by atoms with Crippen molar-refractivity contribution in [2.24, 2.45) is 0 Å². The summed E-state index contributed by atoms with van der Waals surface area (Å²) in [6.45, 7) is 2.34. The molecule has 0 bridgehead atoms. The molecule has 172 valence electrons. The Morgan fingerprint density at radius 2 is 1.79 bits per heavy atom. The minimum Gasteiger partial charge on any atom is -0.494 e. The first kappa shape index (κ1) is 23.4. The van der Waals surface area contributed by atoms with Gasteiger partial charge in [-0.1, -0.05) is 40.2 Å². The van der Waals surface area contributed by atoms with Crippen molar-refractivity contribution >= 4 is 45.5 Å². The van der Waals surface area contributed by atoms with Gasteiger partial charge in [0.1, 0.15) is 17.1 Å². The Hall–Kier alpha value is -3.78. The van der Waals surface area contributed by atoms with Crippen LogP contribution in [0.15, 0.2) is 76.8 Å². The summed E-state index contributed by atoms with van der Waals surface area (Å²) in [5.41, 5.74) is 2.47. The molecule has 8 heteroatoms. The molecule has 4 amide bonds. The van der Waals surface area contributed by atoms with Crippen molar-refractivity contribution in [1.82, 2.24) is 5.32 Å². The average molecular weight is 523 g/mol. The third kappa shape index (κ3) is 5.07. The van der Waals surface area contributed by atoms with Crippen LogP contribution >= 0.6 is 15.9 Å². The zero-order valence-corrected chi connectivity index (χ0v) is 19.8. The molecule has 0 aliphatic carbocycles. The summed E-state index contributed by atoms with van der Waals surface area (Å²) in [5, 5.41) is 2.21. The molecule has 4 rings (SSSR count). The molecule has 3 aromatic rings. The van der Waals surface area contributed by atoms with Crippen LogP contribution in [0.3, 0.4) is 0 Å². The zero-order valence-electron chi connectivity index (χ0n) is 18.2. The fraction of sp³-hybridized carbons (Fsp3) is 0.115. The number of benzene rings is 3. The van der Waals surface area contributed by atoms with Gasteiger partial charge in [-0.3, -0.25) is 14.9 Å². The van der Waals surface area contributed by atoms with Gasteiger partial charge in [0.15, 0.2) is 0 Å². The molecule has 34 heavy (non-hydrogen) atoms. The fourth-order valence-corrected chi connectivity index (χ4v) is 4.12. The van der Waals surface area contributed by atoms with Gasteiger partial charge in [0.05, 0.1) is 12.3 Å². The van der Waals surface area contributed by atoms with E-state index in [0.29, 0.717) is 30.0 Å². The molecule has 0 saturated carbocycles. The van der Waals surface area contributed by atoms with Crippen LogP contribution in [-0.4, -0.2) is 24.5 Å². The number of amides is 4. The van der Waals surface area contributed by atoms with Gasteiger partial charge in [0, 0.05) is 4.47 Å². The van der Waals surface area contributed by atoms with Gasteiger partial charge >= 0.3 is 6.03 Å². The number of anilines is 1. The molecule has 1 saturated heterocycles. The van der Waals surface area contributed by atoms with Crippen LogP contribution in [-0.2, 0) is 16.0 Å². The Kier molecular flexibility index (Phi) is 6.88. The second-order valence-corrected chi connectivity index (χ2v) is 8.40. The highest BCUT2D eigenvalue weighted by Gasteiger charge is 2.36. The van der Waals surface area contributed by atoms with E-state index in [-0.39, 0.29) is 11.4 Å². The highest BCUT2D eigenvalue weighted by molar-refractivity contribution is 9.10. The number of hydrogen-bond donors (Lipinski definition) is 1. The maximum absolute atomic E-state index is 13.5. The minimum atomic E-state index is -0.817. The van der Waals surface area contributed by atoms with Crippen LogP contribution in [0.1, 0.15) is 23.6 Å². The normalized spacial score (nSPS) is 15.0. The molecule has 0 atom stereocenters. The molecule has 0 radical (unpaired) electrons. The van der Waals surface area contributed by atoms with Gasteiger partial charge in [-0.05, 0) is 78.6 Å². The molecule has 1 N–H and O–H groups in total. The Morgan fingerprint density at radius 1 is 1.03 bits per heavy atom. The van der Waals surface area contributed by atoms with E-state index in [1.54, 1.807) is 42.5 Å². The quantitative estimate of drug-likeness (QED) is 0.354. The molecular weight excluding hydrogens is 503 g/mol. The molecule has 0 aromatic heterocycles. The summed E-state index contributed by atoms with van der Waals surface area (Å²) < 4.78 is 19.6. The maximum atomic E-state index is 13.5. The van der Waals surface area contributed by atoms with Crippen molar-refractivity contribution in [1.29, 1.82) is 0 Å². The Balaban J connectivity index is 1.59. The van der Waals surface area contributed by atoms with Crippen LogP contribution in [0.4, 0.5) is 14.9 Å². The van der Waals surface area contributed by atoms with Crippen molar-refractivity contribution in [2.75, 3.05) is 11.5 Å². The predicted octanol–water partition coefficient (Wildman–Crippen LogP) is 5.24. The molecule has 0 spiro atoms. The molecule has 1 aliphatic heterocycles. The van der Waals surface area contributed by atoms with Gasteiger partial charge < -0.3 is 4.74 Å². The van der Waals surface area contributed by atoms with Crippen molar-refractivity contribution in [3.05, 3.63) is 99.3 Å². The molecule has 1 heterocycles. The molecule has 6 nitrogen and oxygen atoms in total. The van der Waals surface area contributed by atoms with E-state index in [1.807, 2.05) is 19.1 Å². The van der Waals surface area contributed by atoms with Crippen molar-refractivity contribution in [3.8, 4) is 5.75 Å². The van der Waals surface area contributed by atoms with Crippen LogP contribution in [0.2, 0.25) is 0 Å². The number of halogens is 2. The number of carbonyl (C=O) groups is 3.